The zero-order chi connectivity index (χ0) is 15.7. The van der Waals surface area contributed by atoms with E-state index in [-0.39, 0.29) is 17.2 Å². The standard InChI is InChI=1S/C16H18N2O4/c1-22-16(21)11-8-5-9-18-13(11)12(15(19)20)17-14(18)10-6-3-2-4-7-10/h5,8-10H,2-4,6-7H2,1H3,(H,19,20). The number of carbonyl (C=O) groups excluding carboxylic acids is 1. The summed E-state index contributed by atoms with van der Waals surface area (Å²) in [6.45, 7) is 0. The minimum absolute atomic E-state index is 0.0819. The van der Waals surface area contributed by atoms with Crippen LogP contribution in [0, 0.1) is 0 Å². The summed E-state index contributed by atoms with van der Waals surface area (Å²) in [5.41, 5.74) is 0.473. The van der Waals surface area contributed by atoms with Gasteiger partial charge in [0, 0.05) is 12.1 Å². The highest BCUT2D eigenvalue weighted by Gasteiger charge is 2.27. The van der Waals surface area contributed by atoms with Crippen LogP contribution in [-0.4, -0.2) is 33.5 Å². The summed E-state index contributed by atoms with van der Waals surface area (Å²) >= 11 is 0. The first-order chi connectivity index (χ1) is 10.6. The molecule has 0 aliphatic heterocycles. The van der Waals surface area contributed by atoms with Gasteiger partial charge in [0.15, 0.2) is 5.69 Å². The van der Waals surface area contributed by atoms with Gasteiger partial charge in [0.1, 0.15) is 5.82 Å². The van der Waals surface area contributed by atoms with Crippen LogP contribution in [0.5, 0.6) is 0 Å². The van der Waals surface area contributed by atoms with Crippen molar-refractivity contribution in [2.75, 3.05) is 7.11 Å². The van der Waals surface area contributed by atoms with Gasteiger partial charge in [-0.3, -0.25) is 0 Å². The molecule has 0 saturated heterocycles. The van der Waals surface area contributed by atoms with Gasteiger partial charge < -0.3 is 14.2 Å². The van der Waals surface area contributed by atoms with Crippen molar-refractivity contribution in [1.82, 2.24) is 9.38 Å². The number of hydrogen-bond acceptors (Lipinski definition) is 4. The first-order valence-corrected chi connectivity index (χ1v) is 7.46. The zero-order valence-electron chi connectivity index (χ0n) is 12.4. The van der Waals surface area contributed by atoms with Crippen molar-refractivity contribution in [3.05, 3.63) is 35.4 Å². The topological polar surface area (TPSA) is 80.9 Å². The summed E-state index contributed by atoms with van der Waals surface area (Å²) in [6, 6.07) is 3.29. The zero-order valence-corrected chi connectivity index (χ0v) is 12.4. The number of ether oxygens (including phenoxy) is 1. The molecule has 1 aliphatic rings. The molecule has 6 heteroatoms. The molecular formula is C16H18N2O4. The Kier molecular flexibility index (Phi) is 3.83. The van der Waals surface area contributed by atoms with Crippen molar-refractivity contribution in [3.8, 4) is 0 Å². The number of carbonyl (C=O) groups is 2. The average molecular weight is 302 g/mol. The van der Waals surface area contributed by atoms with Crippen LogP contribution in [0.3, 0.4) is 0 Å². The van der Waals surface area contributed by atoms with Gasteiger partial charge in [0.05, 0.1) is 18.2 Å². The van der Waals surface area contributed by atoms with Crippen LogP contribution in [0.1, 0.15) is 64.7 Å². The number of carboxylic acids is 1. The minimum atomic E-state index is -1.13. The maximum absolute atomic E-state index is 11.9. The highest BCUT2D eigenvalue weighted by atomic mass is 16.5. The van der Waals surface area contributed by atoms with Gasteiger partial charge in [0.25, 0.3) is 0 Å². The third-order valence-corrected chi connectivity index (χ3v) is 4.27. The lowest BCUT2D eigenvalue weighted by atomic mass is 9.89. The number of fused-ring (bicyclic) bond motifs is 1. The number of nitrogens with zero attached hydrogens (tertiary/aromatic N) is 2. The molecule has 0 unspecified atom stereocenters. The quantitative estimate of drug-likeness (QED) is 0.882. The molecule has 1 aliphatic carbocycles. The first-order valence-electron chi connectivity index (χ1n) is 7.46. The molecule has 0 radical (unpaired) electrons. The van der Waals surface area contributed by atoms with Gasteiger partial charge in [-0.25, -0.2) is 14.6 Å². The summed E-state index contributed by atoms with van der Waals surface area (Å²) in [7, 11) is 1.28. The molecule has 1 fully saturated rings. The Morgan fingerprint density at radius 1 is 1.32 bits per heavy atom. The van der Waals surface area contributed by atoms with Crippen LogP contribution >= 0.6 is 0 Å². The maximum Gasteiger partial charge on any atom is 0.356 e. The first kappa shape index (κ1) is 14.6. The summed E-state index contributed by atoms with van der Waals surface area (Å²) in [5, 5.41) is 9.45. The molecule has 1 N–H and O–H groups in total. The van der Waals surface area contributed by atoms with E-state index in [4.69, 9.17) is 4.74 Å². The van der Waals surface area contributed by atoms with Crippen molar-refractivity contribution in [3.63, 3.8) is 0 Å². The number of rotatable bonds is 3. The van der Waals surface area contributed by atoms with Crippen LogP contribution in [0.2, 0.25) is 0 Å². The summed E-state index contributed by atoms with van der Waals surface area (Å²) in [6.07, 6.45) is 7.22. The van der Waals surface area contributed by atoms with Crippen LogP contribution in [0.4, 0.5) is 0 Å². The second-order valence-electron chi connectivity index (χ2n) is 5.59. The average Bonchev–Trinajstić information content (AvgIpc) is 2.95. The number of carboxylic acid groups (broad SMARTS) is 1. The Morgan fingerprint density at radius 2 is 2.05 bits per heavy atom. The number of aromatic carboxylic acids is 1. The molecule has 22 heavy (non-hydrogen) atoms. The van der Waals surface area contributed by atoms with E-state index in [0.717, 1.165) is 31.5 Å². The Balaban J connectivity index is 2.22. The third kappa shape index (κ3) is 2.34. The predicted molar refractivity (Wildman–Crippen MR) is 79.3 cm³/mol. The van der Waals surface area contributed by atoms with E-state index in [1.807, 2.05) is 0 Å². The van der Waals surface area contributed by atoms with Gasteiger partial charge >= 0.3 is 11.9 Å². The fourth-order valence-corrected chi connectivity index (χ4v) is 3.24. The molecule has 0 atom stereocenters. The lowest BCUT2D eigenvalue weighted by Gasteiger charge is -2.20. The molecule has 0 amide bonds. The Bertz CT molecular complexity index is 729. The molecule has 0 spiro atoms. The molecule has 2 aromatic heterocycles. The predicted octanol–water partition coefficient (Wildman–Crippen LogP) is 2.87. The molecule has 2 heterocycles. The lowest BCUT2D eigenvalue weighted by molar-refractivity contribution is 0.0602. The van der Waals surface area contributed by atoms with Crippen molar-refractivity contribution in [1.29, 1.82) is 0 Å². The van der Waals surface area contributed by atoms with Crippen molar-refractivity contribution >= 4 is 17.5 Å². The Hall–Kier alpha value is -2.37. The van der Waals surface area contributed by atoms with Gasteiger partial charge in [-0.2, -0.15) is 0 Å². The molecule has 2 aromatic rings. The van der Waals surface area contributed by atoms with Crippen molar-refractivity contribution in [2.45, 2.75) is 38.0 Å². The Labute approximate surface area is 127 Å². The SMILES string of the molecule is COC(=O)c1cccn2c(C3CCCCC3)nc(C(=O)O)c12. The summed E-state index contributed by atoms with van der Waals surface area (Å²) in [4.78, 5) is 27.8. The number of hydrogen-bond donors (Lipinski definition) is 1. The summed E-state index contributed by atoms with van der Waals surface area (Å²) < 4.78 is 6.50. The van der Waals surface area contributed by atoms with Crippen LogP contribution in [0.25, 0.3) is 5.52 Å². The minimum Gasteiger partial charge on any atom is -0.476 e. The van der Waals surface area contributed by atoms with Crippen molar-refractivity contribution in [2.24, 2.45) is 0 Å². The molecule has 1 saturated carbocycles. The van der Waals surface area contributed by atoms with Crippen LogP contribution < -0.4 is 0 Å². The molecule has 6 nitrogen and oxygen atoms in total. The fourth-order valence-electron chi connectivity index (χ4n) is 3.24. The normalized spacial score (nSPS) is 15.9. The van der Waals surface area contributed by atoms with Crippen LogP contribution in [-0.2, 0) is 4.74 Å². The third-order valence-electron chi connectivity index (χ3n) is 4.27. The molecule has 0 aromatic carbocycles. The number of methoxy groups -OCH3 is 1. The Morgan fingerprint density at radius 3 is 2.68 bits per heavy atom. The number of pyridine rings is 1. The van der Waals surface area contributed by atoms with Gasteiger partial charge in [0.2, 0.25) is 0 Å². The molecule has 0 bridgehead atoms. The van der Waals surface area contributed by atoms with Crippen molar-refractivity contribution < 1.29 is 19.4 Å². The van der Waals surface area contributed by atoms with E-state index >= 15 is 0 Å². The van der Waals surface area contributed by atoms with Gasteiger partial charge in [-0.15, -0.1) is 0 Å². The van der Waals surface area contributed by atoms with E-state index in [2.05, 4.69) is 4.98 Å². The molecular weight excluding hydrogens is 284 g/mol. The second kappa shape index (κ2) is 5.79. The highest BCUT2D eigenvalue weighted by molar-refractivity contribution is 6.04. The second-order valence-corrected chi connectivity index (χ2v) is 5.59. The number of aromatic nitrogens is 2. The monoisotopic (exact) mass is 302 g/mol. The van der Waals surface area contributed by atoms with E-state index in [1.54, 1.807) is 22.7 Å². The highest BCUT2D eigenvalue weighted by Crippen LogP contribution is 2.33. The van der Waals surface area contributed by atoms with Gasteiger partial charge in [-0.05, 0) is 25.0 Å². The molecule has 3 rings (SSSR count). The van der Waals surface area contributed by atoms with E-state index < -0.39 is 11.9 Å². The number of imidazole rings is 1. The molecule has 116 valence electrons. The smallest absolute Gasteiger partial charge is 0.356 e. The van der Waals surface area contributed by atoms with E-state index in [1.165, 1.54) is 13.5 Å². The summed E-state index contributed by atoms with van der Waals surface area (Å²) in [5.74, 6) is -0.709. The van der Waals surface area contributed by atoms with Crippen LogP contribution in [0.15, 0.2) is 18.3 Å². The lowest BCUT2D eigenvalue weighted by Crippen LogP contribution is -2.09. The van der Waals surface area contributed by atoms with E-state index in [0.29, 0.717) is 5.52 Å². The maximum atomic E-state index is 11.9. The largest absolute Gasteiger partial charge is 0.476 e. The number of esters is 1. The van der Waals surface area contributed by atoms with Gasteiger partial charge in [-0.1, -0.05) is 19.3 Å². The van der Waals surface area contributed by atoms with E-state index in [9.17, 15) is 14.7 Å². The fraction of sp³-hybridized carbons (Fsp3) is 0.438.